The minimum absolute atomic E-state index is 0.265. The van der Waals surface area contributed by atoms with Crippen LogP contribution in [0.2, 0.25) is 0 Å². The molecule has 1 aromatic carbocycles. The highest BCUT2D eigenvalue weighted by Crippen LogP contribution is 2.31. The van der Waals surface area contributed by atoms with Crippen molar-refractivity contribution >= 4 is 28.8 Å². The molecule has 8 heteroatoms. The van der Waals surface area contributed by atoms with E-state index in [0.29, 0.717) is 30.8 Å². The van der Waals surface area contributed by atoms with Crippen LogP contribution in [0.3, 0.4) is 0 Å². The number of piperazine rings is 1. The number of carbonyl (C=O) groups excluding carboxylic acids is 1. The molecule has 1 saturated carbocycles. The van der Waals surface area contributed by atoms with Crippen LogP contribution in [0, 0.1) is 5.92 Å². The van der Waals surface area contributed by atoms with Crippen LogP contribution in [-0.4, -0.2) is 63.0 Å². The molecule has 3 heterocycles. The van der Waals surface area contributed by atoms with Gasteiger partial charge in [-0.15, -0.1) is 6.58 Å². The van der Waals surface area contributed by atoms with Gasteiger partial charge < -0.3 is 19.7 Å². The lowest BCUT2D eigenvalue weighted by Gasteiger charge is -2.35. The second kappa shape index (κ2) is 8.37. The lowest BCUT2D eigenvalue weighted by Crippen LogP contribution is -2.49. The van der Waals surface area contributed by atoms with Crippen molar-refractivity contribution in [2.45, 2.75) is 19.4 Å². The van der Waals surface area contributed by atoms with Crippen LogP contribution in [-0.2, 0) is 11.3 Å². The summed E-state index contributed by atoms with van der Waals surface area (Å²) in [6.07, 6.45) is 5.71. The molecular weight excluding hydrogens is 390 g/mol. The number of anilines is 2. The van der Waals surface area contributed by atoms with Gasteiger partial charge in [0.1, 0.15) is 0 Å². The number of hydrogen-bond donors (Lipinski definition) is 1. The zero-order valence-corrected chi connectivity index (χ0v) is 17.6. The number of hydrogen-bond acceptors (Lipinski definition) is 6. The van der Waals surface area contributed by atoms with Crippen LogP contribution in [0.15, 0.2) is 49.3 Å². The smallest absolute Gasteiger partial charge is 0.229 e. The van der Waals surface area contributed by atoms with E-state index in [9.17, 15) is 4.79 Å². The van der Waals surface area contributed by atoms with E-state index in [1.54, 1.807) is 6.08 Å². The Balaban J connectivity index is 1.42. The van der Waals surface area contributed by atoms with E-state index in [0.717, 1.165) is 50.2 Å². The second-order valence-electron chi connectivity index (χ2n) is 8.16. The molecule has 1 aliphatic heterocycles. The number of nitrogens with one attached hydrogen (secondary N) is 1. The number of aromatic nitrogens is 4. The molecule has 3 aromatic rings. The molecule has 8 nitrogen and oxygen atoms in total. The van der Waals surface area contributed by atoms with E-state index in [1.807, 2.05) is 29.4 Å². The van der Waals surface area contributed by atoms with E-state index >= 15 is 0 Å². The molecule has 160 valence electrons. The molecule has 1 aliphatic carbocycles. The van der Waals surface area contributed by atoms with Crippen LogP contribution in [0.5, 0.6) is 0 Å². The van der Waals surface area contributed by atoms with Gasteiger partial charge in [0.25, 0.3) is 0 Å². The number of fused-ring (bicyclic) bond motifs is 1. The fourth-order valence-corrected chi connectivity index (χ4v) is 3.98. The maximum Gasteiger partial charge on any atom is 0.229 e. The zero-order chi connectivity index (χ0) is 21.2. The van der Waals surface area contributed by atoms with Crippen molar-refractivity contribution in [2.24, 2.45) is 5.92 Å². The molecule has 0 radical (unpaired) electrons. The zero-order valence-electron chi connectivity index (χ0n) is 17.6. The summed E-state index contributed by atoms with van der Waals surface area (Å²) >= 11 is 0. The fraction of sp³-hybridized carbons (Fsp3) is 0.391. The van der Waals surface area contributed by atoms with Gasteiger partial charge in [0, 0.05) is 38.6 Å². The van der Waals surface area contributed by atoms with Crippen LogP contribution in [0.1, 0.15) is 18.4 Å². The Morgan fingerprint density at radius 2 is 1.90 bits per heavy atom. The summed E-state index contributed by atoms with van der Waals surface area (Å²) in [4.78, 5) is 30.8. The maximum atomic E-state index is 12.4. The third-order valence-corrected chi connectivity index (χ3v) is 5.86. The van der Waals surface area contributed by atoms with Gasteiger partial charge >= 0.3 is 0 Å². The molecule has 0 atom stereocenters. The Hall–Kier alpha value is -3.42. The predicted molar refractivity (Wildman–Crippen MR) is 121 cm³/mol. The molecule has 2 aromatic heterocycles. The van der Waals surface area contributed by atoms with Gasteiger partial charge in [0.2, 0.25) is 11.9 Å². The average molecular weight is 418 g/mol. The van der Waals surface area contributed by atoms with Crippen molar-refractivity contribution in [3.63, 3.8) is 0 Å². The number of imidazole rings is 1. The third-order valence-electron chi connectivity index (χ3n) is 5.86. The van der Waals surface area contributed by atoms with E-state index in [2.05, 4.69) is 38.5 Å². The third kappa shape index (κ3) is 4.10. The largest absolute Gasteiger partial charge is 0.365 e. The predicted octanol–water partition coefficient (Wildman–Crippen LogP) is 2.53. The standard InChI is InChI=1S/C23H27N7O/c1-2-10-24-20-19-21(30(16-25-19)15-17-6-4-3-5-7-17)27-23(26-20)29-13-11-28(12-14-29)22(31)18-8-9-18/h2-7,16,18H,1,8-15H2,(H,24,26,27). The quantitative estimate of drug-likeness (QED) is 0.595. The number of carbonyl (C=O) groups is 1. The van der Waals surface area contributed by atoms with Gasteiger partial charge in [-0.1, -0.05) is 36.4 Å². The van der Waals surface area contributed by atoms with Gasteiger partial charge in [-0.2, -0.15) is 9.97 Å². The Morgan fingerprint density at radius 1 is 1.13 bits per heavy atom. The normalized spacial score (nSPS) is 16.5. The Labute approximate surface area is 181 Å². The Bertz CT molecular complexity index is 1080. The van der Waals surface area contributed by atoms with Gasteiger partial charge in [-0.05, 0) is 18.4 Å². The number of rotatable bonds is 7. The Kier molecular flexibility index (Phi) is 5.28. The van der Waals surface area contributed by atoms with Crippen LogP contribution < -0.4 is 10.2 Å². The minimum atomic E-state index is 0.265. The molecule has 1 amide bonds. The van der Waals surface area contributed by atoms with Crippen LogP contribution in [0.25, 0.3) is 11.2 Å². The minimum Gasteiger partial charge on any atom is -0.365 e. The van der Waals surface area contributed by atoms with Crippen molar-refractivity contribution in [3.05, 3.63) is 54.9 Å². The summed E-state index contributed by atoms with van der Waals surface area (Å²) in [5.41, 5.74) is 2.75. The number of amides is 1. The van der Waals surface area contributed by atoms with E-state index in [1.165, 1.54) is 5.56 Å². The van der Waals surface area contributed by atoms with Crippen molar-refractivity contribution < 1.29 is 4.79 Å². The molecule has 31 heavy (non-hydrogen) atoms. The fourth-order valence-electron chi connectivity index (χ4n) is 3.98. The first kappa shape index (κ1) is 19.5. The topological polar surface area (TPSA) is 79.2 Å². The molecule has 0 bridgehead atoms. The lowest BCUT2D eigenvalue weighted by atomic mass is 10.2. The second-order valence-corrected chi connectivity index (χ2v) is 8.16. The van der Waals surface area contributed by atoms with Gasteiger partial charge in [0.15, 0.2) is 17.0 Å². The van der Waals surface area contributed by atoms with E-state index in [-0.39, 0.29) is 5.92 Å². The molecule has 5 rings (SSSR count). The van der Waals surface area contributed by atoms with E-state index < -0.39 is 0 Å². The summed E-state index contributed by atoms with van der Waals surface area (Å²) in [6, 6.07) is 10.3. The van der Waals surface area contributed by atoms with Gasteiger partial charge in [-0.25, -0.2) is 4.98 Å². The number of benzene rings is 1. The monoisotopic (exact) mass is 417 g/mol. The van der Waals surface area contributed by atoms with Crippen molar-refractivity contribution in [2.75, 3.05) is 42.9 Å². The molecule has 0 spiro atoms. The molecule has 0 unspecified atom stereocenters. The first-order valence-corrected chi connectivity index (χ1v) is 10.9. The summed E-state index contributed by atoms with van der Waals surface area (Å²) in [5, 5.41) is 3.31. The molecular formula is C23H27N7O. The number of nitrogens with zero attached hydrogens (tertiary/aromatic N) is 6. The SMILES string of the molecule is C=CCNc1nc(N2CCN(C(=O)C3CC3)CC2)nc2c1ncn2Cc1ccccc1. The van der Waals surface area contributed by atoms with Crippen molar-refractivity contribution in [3.8, 4) is 0 Å². The van der Waals surface area contributed by atoms with Gasteiger partial charge in [-0.3, -0.25) is 4.79 Å². The molecule has 2 aliphatic rings. The van der Waals surface area contributed by atoms with E-state index in [4.69, 9.17) is 9.97 Å². The van der Waals surface area contributed by atoms with Crippen LogP contribution in [0.4, 0.5) is 11.8 Å². The summed E-state index contributed by atoms with van der Waals surface area (Å²) in [7, 11) is 0. The lowest BCUT2D eigenvalue weighted by molar-refractivity contribution is -0.132. The highest BCUT2D eigenvalue weighted by molar-refractivity contribution is 5.84. The summed E-state index contributed by atoms with van der Waals surface area (Å²) < 4.78 is 2.06. The highest BCUT2D eigenvalue weighted by Gasteiger charge is 2.35. The molecule has 1 N–H and O–H groups in total. The van der Waals surface area contributed by atoms with Crippen molar-refractivity contribution in [1.82, 2.24) is 24.4 Å². The first-order chi connectivity index (χ1) is 15.2. The average Bonchev–Trinajstić information content (AvgIpc) is 3.59. The molecule has 2 fully saturated rings. The maximum absolute atomic E-state index is 12.4. The van der Waals surface area contributed by atoms with Crippen LogP contribution >= 0.6 is 0 Å². The first-order valence-electron chi connectivity index (χ1n) is 10.9. The van der Waals surface area contributed by atoms with Crippen molar-refractivity contribution in [1.29, 1.82) is 0 Å². The Morgan fingerprint density at radius 3 is 2.61 bits per heavy atom. The molecule has 1 saturated heterocycles. The summed E-state index contributed by atoms with van der Waals surface area (Å²) in [5.74, 6) is 1.96. The summed E-state index contributed by atoms with van der Waals surface area (Å²) in [6.45, 7) is 7.99. The highest BCUT2D eigenvalue weighted by atomic mass is 16.2. The van der Waals surface area contributed by atoms with Gasteiger partial charge in [0.05, 0.1) is 12.9 Å².